The molecule has 170 valence electrons. The molecule has 2 aromatic heterocycles. The summed E-state index contributed by atoms with van der Waals surface area (Å²) < 4.78 is 7.77. The largest absolute Gasteiger partial charge is 0.437 e. The fourth-order valence-corrected chi connectivity index (χ4v) is 4.60. The van der Waals surface area contributed by atoms with Gasteiger partial charge in [0.05, 0.1) is 6.61 Å². The van der Waals surface area contributed by atoms with Crippen LogP contribution in [0.2, 0.25) is 0 Å². The van der Waals surface area contributed by atoms with Crippen LogP contribution in [-0.4, -0.2) is 34.9 Å². The topological polar surface area (TPSA) is 97.5 Å². The van der Waals surface area contributed by atoms with E-state index < -0.39 is 0 Å². The van der Waals surface area contributed by atoms with Crippen molar-refractivity contribution in [3.8, 4) is 22.5 Å². The van der Waals surface area contributed by atoms with Crippen molar-refractivity contribution >= 4 is 17.0 Å². The lowest BCUT2D eigenvalue weighted by atomic mass is 9.72. The van der Waals surface area contributed by atoms with Gasteiger partial charge in [-0.3, -0.25) is 9.36 Å². The van der Waals surface area contributed by atoms with Crippen molar-refractivity contribution < 1.29 is 9.52 Å². The van der Waals surface area contributed by atoms with Crippen LogP contribution in [-0.2, 0) is 12.6 Å². The first-order chi connectivity index (χ1) is 15.9. The van der Waals surface area contributed by atoms with Crippen LogP contribution in [0.15, 0.2) is 63.8 Å². The van der Waals surface area contributed by atoms with E-state index >= 15 is 0 Å². The molecule has 2 aromatic carbocycles. The summed E-state index contributed by atoms with van der Waals surface area (Å²) in [5.41, 5.74) is 9.96. The summed E-state index contributed by atoms with van der Waals surface area (Å²) in [5.74, 6) is 1.04. The zero-order valence-corrected chi connectivity index (χ0v) is 18.9. The molecule has 0 aliphatic heterocycles. The van der Waals surface area contributed by atoms with Crippen LogP contribution in [0.3, 0.4) is 0 Å². The highest BCUT2D eigenvalue weighted by Gasteiger charge is 2.34. The number of hydrogen-bond acceptors (Lipinski definition) is 6. The van der Waals surface area contributed by atoms with E-state index in [9.17, 15) is 9.90 Å². The number of hydrogen-bond donors (Lipinski definition) is 2. The molecule has 0 saturated heterocycles. The molecule has 0 amide bonds. The Hall–Kier alpha value is -3.42. The fraction of sp³-hybridized carbons (Fsp3) is 0.308. The standard InChI is InChI=1S/C26H28N4O3/c1-29(15-16-31)25-28-23-21(24(32)30(25)2)20(17-7-4-3-5-8-17)22(33-23)18-9-11-19(12-10-18)26(27)13-6-14-26/h3-5,7-12,31H,6,13-16,27H2,1-2H3. The Kier molecular flexibility index (Phi) is 5.31. The predicted molar refractivity (Wildman–Crippen MR) is 130 cm³/mol. The Morgan fingerprint density at radius 1 is 1.12 bits per heavy atom. The maximum Gasteiger partial charge on any atom is 0.266 e. The molecule has 1 aliphatic rings. The lowest BCUT2D eigenvalue weighted by Gasteiger charge is -2.38. The number of fused-ring (bicyclic) bond motifs is 1. The molecule has 7 heteroatoms. The van der Waals surface area contributed by atoms with Crippen LogP contribution in [0.25, 0.3) is 33.6 Å². The third-order valence-corrected chi connectivity index (χ3v) is 6.72. The first kappa shape index (κ1) is 21.4. The molecule has 1 saturated carbocycles. The summed E-state index contributed by atoms with van der Waals surface area (Å²) in [6.07, 6.45) is 3.15. The van der Waals surface area contributed by atoms with Gasteiger partial charge < -0.3 is 20.2 Å². The molecule has 0 atom stereocenters. The number of benzene rings is 2. The molecule has 33 heavy (non-hydrogen) atoms. The average Bonchev–Trinajstić information content (AvgIpc) is 3.20. The van der Waals surface area contributed by atoms with Gasteiger partial charge in [-0.05, 0) is 30.4 Å². The van der Waals surface area contributed by atoms with Gasteiger partial charge in [0.15, 0.2) is 0 Å². The lowest BCUT2D eigenvalue weighted by molar-refractivity contribution is 0.253. The highest BCUT2D eigenvalue weighted by molar-refractivity contribution is 6.00. The van der Waals surface area contributed by atoms with E-state index in [2.05, 4.69) is 17.1 Å². The third-order valence-electron chi connectivity index (χ3n) is 6.72. The Morgan fingerprint density at radius 3 is 2.42 bits per heavy atom. The van der Waals surface area contributed by atoms with E-state index in [1.807, 2.05) is 42.5 Å². The highest BCUT2D eigenvalue weighted by Crippen LogP contribution is 2.42. The SMILES string of the molecule is CN(CCO)c1nc2oc(-c3ccc(C4(N)CCC4)cc3)c(-c3ccccc3)c2c(=O)n1C. The van der Waals surface area contributed by atoms with Crippen molar-refractivity contribution in [2.75, 3.05) is 25.1 Å². The van der Waals surface area contributed by atoms with E-state index in [0.29, 0.717) is 23.6 Å². The highest BCUT2D eigenvalue weighted by atomic mass is 16.3. The number of furan rings is 1. The van der Waals surface area contributed by atoms with Crippen molar-refractivity contribution in [1.82, 2.24) is 9.55 Å². The minimum absolute atomic E-state index is 0.0436. The van der Waals surface area contributed by atoms with Gasteiger partial charge in [0.25, 0.3) is 5.56 Å². The van der Waals surface area contributed by atoms with Crippen LogP contribution < -0.4 is 16.2 Å². The van der Waals surface area contributed by atoms with Crippen LogP contribution in [0.4, 0.5) is 5.95 Å². The molecule has 1 fully saturated rings. The normalized spacial score (nSPS) is 14.9. The zero-order valence-electron chi connectivity index (χ0n) is 18.9. The summed E-state index contributed by atoms with van der Waals surface area (Å²) in [5, 5.41) is 9.77. The summed E-state index contributed by atoms with van der Waals surface area (Å²) in [6.45, 7) is 0.311. The molecule has 0 bridgehead atoms. The molecule has 2 heterocycles. The first-order valence-electron chi connectivity index (χ1n) is 11.2. The van der Waals surface area contributed by atoms with E-state index in [1.165, 1.54) is 4.57 Å². The van der Waals surface area contributed by atoms with Gasteiger partial charge in [-0.2, -0.15) is 4.98 Å². The van der Waals surface area contributed by atoms with Crippen molar-refractivity contribution in [2.24, 2.45) is 12.8 Å². The van der Waals surface area contributed by atoms with Crippen molar-refractivity contribution in [3.05, 3.63) is 70.5 Å². The summed E-state index contributed by atoms with van der Waals surface area (Å²) in [4.78, 5) is 19.9. The Balaban J connectivity index is 1.73. The van der Waals surface area contributed by atoms with Crippen molar-refractivity contribution in [3.63, 3.8) is 0 Å². The van der Waals surface area contributed by atoms with Gasteiger partial charge in [-0.1, -0.05) is 54.6 Å². The number of aliphatic hydroxyl groups excluding tert-OH is 1. The second kappa shape index (κ2) is 8.17. The number of nitrogens with two attached hydrogens (primary N) is 1. The molecule has 4 aromatic rings. The number of aliphatic hydroxyl groups is 1. The number of aromatic nitrogens is 2. The average molecular weight is 445 g/mol. The number of likely N-dealkylation sites (N-methyl/N-ethyl adjacent to an activating group) is 1. The molecule has 0 spiro atoms. The minimum atomic E-state index is -0.238. The van der Waals surface area contributed by atoms with E-state index in [0.717, 1.165) is 41.5 Å². The summed E-state index contributed by atoms with van der Waals surface area (Å²) >= 11 is 0. The van der Waals surface area contributed by atoms with Gasteiger partial charge in [0.1, 0.15) is 11.1 Å². The molecule has 1 aliphatic carbocycles. The lowest BCUT2D eigenvalue weighted by Crippen LogP contribution is -2.43. The molecule has 5 rings (SSSR count). The van der Waals surface area contributed by atoms with E-state index in [4.69, 9.17) is 10.2 Å². The second-order valence-corrected chi connectivity index (χ2v) is 8.86. The van der Waals surface area contributed by atoms with Crippen LogP contribution in [0.5, 0.6) is 0 Å². The molecule has 0 radical (unpaired) electrons. The number of nitrogens with zero attached hydrogens (tertiary/aromatic N) is 3. The van der Waals surface area contributed by atoms with Gasteiger partial charge in [-0.25, -0.2) is 0 Å². The molecule has 3 N–H and O–H groups in total. The van der Waals surface area contributed by atoms with Crippen LogP contribution in [0.1, 0.15) is 24.8 Å². The fourth-order valence-electron chi connectivity index (χ4n) is 4.60. The molecule has 0 unspecified atom stereocenters. The van der Waals surface area contributed by atoms with E-state index in [-0.39, 0.29) is 23.4 Å². The summed E-state index contributed by atoms with van der Waals surface area (Å²) in [7, 11) is 3.47. The van der Waals surface area contributed by atoms with Gasteiger partial charge in [0.2, 0.25) is 11.7 Å². The third kappa shape index (κ3) is 3.53. The molecule has 7 nitrogen and oxygen atoms in total. The number of rotatable bonds is 6. The Bertz CT molecular complexity index is 1350. The second-order valence-electron chi connectivity index (χ2n) is 8.86. The minimum Gasteiger partial charge on any atom is -0.437 e. The maximum absolute atomic E-state index is 13.5. The van der Waals surface area contributed by atoms with Crippen LogP contribution >= 0.6 is 0 Å². The van der Waals surface area contributed by atoms with Gasteiger partial charge in [0, 0.05) is 37.3 Å². The maximum atomic E-state index is 13.5. The summed E-state index contributed by atoms with van der Waals surface area (Å²) in [6, 6.07) is 17.9. The van der Waals surface area contributed by atoms with Crippen molar-refractivity contribution in [2.45, 2.75) is 24.8 Å². The Labute approximate surface area is 192 Å². The predicted octanol–water partition coefficient (Wildman–Crippen LogP) is 3.63. The monoisotopic (exact) mass is 444 g/mol. The quantitative estimate of drug-likeness (QED) is 0.471. The first-order valence-corrected chi connectivity index (χ1v) is 11.2. The number of anilines is 1. The molecular weight excluding hydrogens is 416 g/mol. The van der Waals surface area contributed by atoms with Gasteiger partial charge >= 0.3 is 0 Å². The zero-order chi connectivity index (χ0) is 23.2. The van der Waals surface area contributed by atoms with Gasteiger partial charge in [-0.15, -0.1) is 0 Å². The van der Waals surface area contributed by atoms with Crippen molar-refractivity contribution in [1.29, 1.82) is 0 Å². The smallest absolute Gasteiger partial charge is 0.266 e. The van der Waals surface area contributed by atoms with E-state index in [1.54, 1.807) is 19.0 Å². The Morgan fingerprint density at radius 2 is 1.82 bits per heavy atom. The van der Waals surface area contributed by atoms with Crippen LogP contribution in [0, 0.1) is 0 Å². The molecular formula is C26H28N4O3.